The number of nitrogens with one attached hydrogen (secondary N) is 1. The first-order valence-corrected chi connectivity index (χ1v) is 7.04. The molecule has 0 spiro atoms. The van der Waals surface area contributed by atoms with Crippen molar-refractivity contribution in [3.63, 3.8) is 0 Å². The van der Waals surface area contributed by atoms with Crippen LogP contribution in [-0.4, -0.2) is 24.9 Å². The molecule has 1 unspecified atom stereocenters. The molecule has 0 amide bonds. The van der Waals surface area contributed by atoms with Gasteiger partial charge < -0.3 is 10.1 Å². The fourth-order valence-corrected chi connectivity index (χ4v) is 3.44. The van der Waals surface area contributed by atoms with Gasteiger partial charge in [0.25, 0.3) is 0 Å². The summed E-state index contributed by atoms with van der Waals surface area (Å²) in [6, 6.07) is 6.47. The summed E-state index contributed by atoms with van der Waals surface area (Å²) >= 11 is 1.97. The third-order valence-corrected chi connectivity index (χ3v) is 4.41. The monoisotopic (exact) mass is 235 g/mol. The SMILES string of the molecule is c1cc(OC2CCNC2)c2c(c1)SCCC2. The first-order chi connectivity index (χ1) is 7.93. The van der Waals surface area contributed by atoms with E-state index in [-0.39, 0.29) is 0 Å². The maximum Gasteiger partial charge on any atom is 0.124 e. The molecule has 1 N–H and O–H groups in total. The standard InChI is InChI=1S/C13H17NOS/c1-4-12(15-10-6-7-14-9-10)11-3-2-8-16-13(11)5-1/h1,4-5,10,14H,2-3,6-9H2. The van der Waals surface area contributed by atoms with Crippen LogP contribution in [0.25, 0.3) is 0 Å². The van der Waals surface area contributed by atoms with E-state index >= 15 is 0 Å². The summed E-state index contributed by atoms with van der Waals surface area (Å²) in [4.78, 5) is 1.43. The average Bonchev–Trinajstić information content (AvgIpc) is 2.82. The fourth-order valence-electron chi connectivity index (χ4n) is 2.38. The van der Waals surface area contributed by atoms with Crippen LogP contribution >= 0.6 is 11.8 Å². The normalized spacial score (nSPS) is 24.1. The number of rotatable bonds is 2. The fraction of sp³-hybridized carbons (Fsp3) is 0.538. The molecular formula is C13H17NOS. The van der Waals surface area contributed by atoms with E-state index in [1.165, 1.54) is 29.1 Å². The largest absolute Gasteiger partial charge is 0.489 e. The second kappa shape index (κ2) is 4.68. The van der Waals surface area contributed by atoms with Crippen LogP contribution in [0.2, 0.25) is 0 Å². The van der Waals surface area contributed by atoms with Gasteiger partial charge in [-0.2, -0.15) is 0 Å². The third kappa shape index (κ3) is 2.06. The number of hydrogen-bond donors (Lipinski definition) is 1. The summed E-state index contributed by atoms with van der Waals surface area (Å²) in [5.74, 6) is 2.37. The number of hydrogen-bond acceptors (Lipinski definition) is 3. The second-order valence-corrected chi connectivity index (χ2v) is 5.55. The molecule has 3 heteroatoms. The molecule has 16 heavy (non-hydrogen) atoms. The predicted molar refractivity (Wildman–Crippen MR) is 67.4 cm³/mol. The van der Waals surface area contributed by atoms with Crippen molar-refractivity contribution in [2.45, 2.75) is 30.3 Å². The lowest BCUT2D eigenvalue weighted by Crippen LogP contribution is -2.20. The van der Waals surface area contributed by atoms with Gasteiger partial charge in [-0.3, -0.25) is 0 Å². The van der Waals surface area contributed by atoms with E-state index in [0.717, 1.165) is 25.3 Å². The van der Waals surface area contributed by atoms with Gasteiger partial charge in [-0.15, -0.1) is 11.8 Å². The topological polar surface area (TPSA) is 21.3 Å². The van der Waals surface area contributed by atoms with E-state index in [1.807, 2.05) is 11.8 Å². The van der Waals surface area contributed by atoms with E-state index in [2.05, 4.69) is 23.5 Å². The van der Waals surface area contributed by atoms with E-state index < -0.39 is 0 Å². The van der Waals surface area contributed by atoms with Crippen LogP contribution in [-0.2, 0) is 6.42 Å². The van der Waals surface area contributed by atoms with Crippen LogP contribution in [0.15, 0.2) is 23.1 Å². The molecule has 1 aromatic rings. The molecule has 0 saturated carbocycles. The minimum absolute atomic E-state index is 0.374. The minimum atomic E-state index is 0.374. The number of benzene rings is 1. The van der Waals surface area contributed by atoms with Crippen molar-refractivity contribution >= 4 is 11.8 Å². The molecule has 1 saturated heterocycles. The highest BCUT2D eigenvalue weighted by Crippen LogP contribution is 2.36. The van der Waals surface area contributed by atoms with Gasteiger partial charge in [-0.05, 0) is 43.7 Å². The minimum Gasteiger partial charge on any atom is -0.489 e. The van der Waals surface area contributed by atoms with Gasteiger partial charge >= 0.3 is 0 Å². The highest BCUT2D eigenvalue weighted by molar-refractivity contribution is 7.99. The van der Waals surface area contributed by atoms with Gasteiger partial charge in [0.2, 0.25) is 0 Å². The Morgan fingerprint density at radius 1 is 1.38 bits per heavy atom. The van der Waals surface area contributed by atoms with E-state index in [1.54, 1.807) is 0 Å². The first-order valence-electron chi connectivity index (χ1n) is 6.05. The highest BCUT2D eigenvalue weighted by Gasteiger charge is 2.19. The molecule has 2 nitrogen and oxygen atoms in total. The molecule has 2 heterocycles. The van der Waals surface area contributed by atoms with Crippen molar-refractivity contribution < 1.29 is 4.74 Å². The summed E-state index contributed by atoms with van der Waals surface area (Å²) in [5.41, 5.74) is 1.44. The molecule has 0 aromatic heterocycles. The molecule has 1 fully saturated rings. The van der Waals surface area contributed by atoms with E-state index in [9.17, 15) is 0 Å². The van der Waals surface area contributed by atoms with Crippen molar-refractivity contribution in [3.8, 4) is 5.75 Å². The van der Waals surface area contributed by atoms with E-state index in [0.29, 0.717) is 6.10 Å². The van der Waals surface area contributed by atoms with Crippen LogP contribution in [0.3, 0.4) is 0 Å². The number of ether oxygens (including phenoxy) is 1. The molecule has 0 aliphatic carbocycles. The zero-order chi connectivity index (χ0) is 10.8. The maximum atomic E-state index is 6.10. The summed E-state index contributed by atoms with van der Waals surface area (Å²) < 4.78 is 6.10. The Hall–Kier alpha value is -0.670. The Kier molecular flexibility index (Phi) is 3.06. The molecule has 1 aromatic carbocycles. The lowest BCUT2D eigenvalue weighted by Gasteiger charge is -2.21. The Morgan fingerprint density at radius 2 is 2.38 bits per heavy atom. The Morgan fingerprint density at radius 3 is 3.25 bits per heavy atom. The smallest absolute Gasteiger partial charge is 0.124 e. The van der Waals surface area contributed by atoms with Crippen LogP contribution in [0.1, 0.15) is 18.4 Å². The second-order valence-electron chi connectivity index (χ2n) is 4.42. The molecule has 2 aliphatic heterocycles. The first kappa shape index (κ1) is 10.5. The predicted octanol–water partition coefficient (Wildman–Crippen LogP) is 2.47. The zero-order valence-electron chi connectivity index (χ0n) is 9.37. The van der Waals surface area contributed by atoms with Crippen molar-refractivity contribution in [2.24, 2.45) is 0 Å². The molecule has 3 rings (SSSR count). The Labute approximate surface area is 101 Å². The summed E-state index contributed by atoms with van der Waals surface area (Å²) in [5, 5.41) is 3.34. The molecule has 1 atom stereocenters. The van der Waals surface area contributed by atoms with Crippen LogP contribution in [0, 0.1) is 0 Å². The van der Waals surface area contributed by atoms with Crippen molar-refractivity contribution in [3.05, 3.63) is 23.8 Å². The van der Waals surface area contributed by atoms with Gasteiger partial charge in [-0.25, -0.2) is 0 Å². The van der Waals surface area contributed by atoms with Gasteiger partial charge in [0.1, 0.15) is 11.9 Å². The molecule has 86 valence electrons. The lowest BCUT2D eigenvalue weighted by molar-refractivity contribution is 0.220. The van der Waals surface area contributed by atoms with E-state index in [4.69, 9.17) is 4.74 Å². The van der Waals surface area contributed by atoms with Gasteiger partial charge in [0, 0.05) is 17.0 Å². The van der Waals surface area contributed by atoms with Crippen LogP contribution < -0.4 is 10.1 Å². The molecule has 2 aliphatic rings. The molecular weight excluding hydrogens is 218 g/mol. The highest BCUT2D eigenvalue weighted by atomic mass is 32.2. The zero-order valence-corrected chi connectivity index (χ0v) is 10.2. The van der Waals surface area contributed by atoms with Gasteiger partial charge in [0.15, 0.2) is 0 Å². The Balaban J connectivity index is 1.82. The Bertz CT molecular complexity index is 374. The third-order valence-electron chi connectivity index (χ3n) is 3.23. The average molecular weight is 235 g/mol. The van der Waals surface area contributed by atoms with Crippen LogP contribution in [0.4, 0.5) is 0 Å². The van der Waals surface area contributed by atoms with Crippen molar-refractivity contribution in [1.29, 1.82) is 0 Å². The lowest BCUT2D eigenvalue weighted by atomic mass is 10.1. The molecule has 0 bridgehead atoms. The molecule has 0 radical (unpaired) electrons. The van der Waals surface area contributed by atoms with Crippen LogP contribution in [0.5, 0.6) is 5.75 Å². The van der Waals surface area contributed by atoms with Gasteiger partial charge in [-0.1, -0.05) is 6.07 Å². The summed E-state index contributed by atoms with van der Waals surface area (Å²) in [6.07, 6.45) is 3.97. The van der Waals surface area contributed by atoms with Gasteiger partial charge in [0.05, 0.1) is 0 Å². The number of fused-ring (bicyclic) bond motifs is 1. The summed E-state index contributed by atoms with van der Waals surface area (Å²) in [6.45, 7) is 2.09. The maximum absolute atomic E-state index is 6.10. The van der Waals surface area contributed by atoms with Crippen molar-refractivity contribution in [2.75, 3.05) is 18.8 Å². The quantitative estimate of drug-likeness (QED) is 0.851. The van der Waals surface area contributed by atoms with Crippen molar-refractivity contribution in [1.82, 2.24) is 5.32 Å². The summed E-state index contributed by atoms with van der Waals surface area (Å²) in [7, 11) is 0. The number of thioether (sulfide) groups is 1.